The first-order valence-corrected chi connectivity index (χ1v) is 8.12. The van der Waals surface area contributed by atoms with E-state index in [1.54, 1.807) is 24.3 Å². The lowest BCUT2D eigenvalue weighted by Gasteiger charge is -2.30. The van der Waals surface area contributed by atoms with Gasteiger partial charge >= 0.3 is 12.0 Å². The summed E-state index contributed by atoms with van der Waals surface area (Å²) in [5.74, 6) is -0.448. The number of carbonyl (C=O) groups is 3. The number of rotatable bonds is 5. The maximum atomic E-state index is 12.7. The van der Waals surface area contributed by atoms with E-state index in [1.807, 2.05) is 4.90 Å². The molecule has 1 heterocycles. The average Bonchev–Trinajstić information content (AvgIpc) is 2.55. The SMILES string of the molecule is CC1CCN(C(=O)c2ccccc2NC(=O)NCCC(=O)O)CC1. The smallest absolute Gasteiger partial charge is 0.319 e. The van der Waals surface area contributed by atoms with Crippen molar-refractivity contribution in [1.29, 1.82) is 0 Å². The topological polar surface area (TPSA) is 98.7 Å². The van der Waals surface area contributed by atoms with Gasteiger partial charge in [0.25, 0.3) is 5.91 Å². The highest BCUT2D eigenvalue weighted by atomic mass is 16.4. The first kappa shape index (κ1) is 17.8. The molecule has 0 saturated carbocycles. The van der Waals surface area contributed by atoms with Crippen LogP contribution in [-0.4, -0.2) is 47.5 Å². The van der Waals surface area contributed by atoms with E-state index in [-0.39, 0.29) is 18.9 Å². The molecule has 0 bridgehead atoms. The molecular weight excluding hydrogens is 310 g/mol. The third-order valence-corrected chi connectivity index (χ3v) is 4.10. The molecule has 0 radical (unpaired) electrons. The van der Waals surface area contributed by atoms with Crippen LogP contribution in [0, 0.1) is 5.92 Å². The maximum absolute atomic E-state index is 12.7. The first-order chi connectivity index (χ1) is 11.5. The molecule has 1 aliphatic heterocycles. The Bertz CT molecular complexity index is 610. The van der Waals surface area contributed by atoms with Gasteiger partial charge in [-0.3, -0.25) is 9.59 Å². The Morgan fingerprint density at radius 1 is 1.21 bits per heavy atom. The molecular formula is C17H23N3O4. The number of piperidine rings is 1. The Morgan fingerprint density at radius 3 is 2.54 bits per heavy atom. The van der Waals surface area contributed by atoms with Crippen LogP contribution in [0.1, 0.15) is 36.5 Å². The van der Waals surface area contributed by atoms with Gasteiger partial charge < -0.3 is 20.6 Å². The van der Waals surface area contributed by atoms with E-state index >= 15 is 0 Å². The van der Waals surface area contributed by atoms with Crippen LogP contribution in [0.3, 0.4) is 0 Å². The van der Waals surface area contributed by atoms with Gasteiger partial charge in [0.2, 0.25) is 0 Å². The molecule has 0 aromatic heterocycles. The number of urea groups is 1. The molecule has 1 saturated heterocycles. The predicted molar refractivity (Wildman–Crippen MR) is 90.0 cm³/mol. The summed E-state index contributed by atoms with van der Waals surface area (Å²) < 4.78 is 0. The van der Waals surface area contributed by atoms with Gasteiger partial charge in [-0.25, -0.2) is 4.79 Å². The fourth-order valence-electron chi connectivity index (χ4n) is 2.61. The van der Waals surface area contributed by atoms with Gasteiger partial charge in [0.1, 0.15) is 0 Å². The highest BCUT2D eigenvalue weighted by Gasteiger charge is 2.23. The highest BCUT2D eigenvalue weighted by molar-refractivity contribution is 6.03. The Hall–Kier alpha value is -2.57. The van der Waals surface area contributed by atoms with Crippen LogP contribution in [0.25, 0.3) is 0 Å². The second-order valence-electron chi connectivity index (χ2n) is 6.04. The number of benzene rings is 1. The summed E-state index contributed by atoms with van der Waals surface area (Å²) in [5.41, 5.74) is 0.870. The number of hydrogen-bond acceptors (Lipinski definition) is 3. The van der Waals surface area contributed by atoms with Crippen molar-refractivity contribution in [3.8, 4) is 0 Å². The van der Waals surface area contributed by atoms with Crippen LogP contribution in [0.2, 0.25) is 0 Å². The first-order valence-electron chi connectivity index (χ1n) is 8.12. The van der Waals surface area contributed by atoms with E-state index in [9.17, 15) is 14.4 Å². The molecule has 1 aromatic carbocycles. The van der Waals surface area contributed by atoms with E-state index in [0.29, 0.717) is 17.2 Å². The Labute approximate surface area is 141 Å². The molecule has 0 aliphatic carbocycles. The lowest BCUT2D eigenvalue weighted by molar-refractivity contribution is -0.136. The van der Waals surface area contributed by atoms with Crippen molar-refractivity contribution in [1.82, 2.24) is 10.2 Å². The zero-order valence-corrected chi connectivity index (χ0v) is 13.7. The lowest BCUT2D eigenvalue weighted by atomic mass is 9.98. The number of aliphatic carboxylic acids is 1. The predicted octanol–water partition coefficient (Wildman–Crippen LogP) is 2.15. The Kier molecular flexibility index (Phi) is 6.17. The van der Waals surface area contributed by atoms with Crippen molar-refractivity contribution in [3.05, 3.63) is 29.8 Å². The largest absolute Gasteiger partial charge is 0.481 e. The summed E-state index contributed by atoms with van der Waals surface area (Å²) in [7, 11) is 0. The van der Waals surface area contributed by atoms with E-state index in [1.165, 1.54) is 0 Å². The summed E-state index contributed by atoms with van der Waals surface area (Å²) in [6.07, 6.45) is 1.81. The van der Waals surface area contributed by atoms with Crippen LogP contribution < -0.4 is 10.6 Å². The second kappa shape index (κ2) is 8.33. The molecule has 1 fully saturated rings. The van der Waals surface area contributed by atoms with Crippen LogP contribution >= 0.6 is 0 Å². The fraction of sp³-hybridized carbons (Fsp3) is 0.471. The number of carboxylic acid groups (broad SMARTS) is 1. The van der Waals surface area contributed by atoms with Crippen molar-refractivity contribution in [2.75, 3.05) is 25.0 Å². The van der Waals surface area contributed by atoms with Gasteiger partial charge in [0, 0.05) is 19.6 Å². The standard InChI is InChI=1S/C17H23N3O4/c1-12-7-10-20(11-8-12)16(23)13-4-2-3-5-14(13)19-17(24)18-9-6-15(21)22/h2-5,12H,6-11H2,1H3,(H,21,22)(H2,18,19,24). The number of hydrogen-bond donors (Lipinski definition) is 3. The Balaban J connectivity index is 2.00. The normalized spacial score (nSPS) is 15.0. The molecule has 7 heteroatoms. The molecule has 1 aliphatic rings. The molecule has 1 aromatic rings. The van der Waals surface area contributed by atoms with Crippen molar-refractivity contribution in [3.63, 3.8) is 0 Å². The fourth-order valence-corrected chi connectivity index (χ4v) is 2.61. The number of nitrogens with zero attached hydrogens (tertiary/aromatic N) is 1. The quantitative estimate of drug-likeness (QED) is 0.769. The minimum absolute atomic E-state index is 0.0291. The highest BCUT2D eigenvalue weighted by Crippen LogP contribution is 2.22. The van der Waals surface area contributed by atoms with Gasteiger partial charge in [0.15, 0.2) is 0 Å². The van der Waals surface area contributed by atoms with E-state index in [0.717, 1.165) is 25.9 Å². The lowest BCUT2D eigenvalue weighted by Crippen LogP contribution is -2.38. The van der Waals surface area contributed by atoms with E-state index in [2.05, 4.69) is 17.6 Å². The van der Waals surface area contributed by atoms with Gasteiger partial charge in [-0.15, -0.1) is 0 Å². The molecule has 7 nitrogen and oxygen atoms in total. The van der Waals surface area contributed by atoms with Crippen molar-refractivity contribution < 1.29 is 19.5 Å². The molecule has 3 amide bonds. The minimum atomic E-state index is -0.981. The van der Waals surface area contributed by atoms with Crippen molar-refractivity contribution in [2.24, 2.45) is 5.92 Å². The van der Waals surface area contributed by atoms with E-state index < -0.39 is 12.0 Å². The number of para-hydroxylation sites is 1. The zero-order chi connectivity index (χ0) is 17.5. The van der Waals surface area contributed by atoms with Crippen molar-refractivity contribution in [2.45, 2.75) is 26.2 Å². The molecule has 24 heavy (non-hydrogen) atoms. The Morgan fingerprint density at radius 2 is 1.88 bits per heavy atom. The number of likely N-dealkylation sites (tertiary alicyclic amines) is 1. The van der Waals surface area contributed by atoms with Crippen LogP contribution in [0.15, 0.2) is 24.3 Å². The number of nitrogens with one attached hydrogen (secondary N) is 2. The summed E-state index contributed by atoms with van der Waals surface area (Å²) >= 11 is 0. The van der Waals surface area contributed by atoms with E-state index in [4.69, 9.17) is 5.11 Å². The van der Waals surface area contributed by atoms with Crippen molar-refractivity contribution >= 4 is 23.6 Å². The van der Waals surface area contributed by atoms with Gasteiger partial charge in [-0.05, 0) is 30.9 Å². The molecule has 0 atom stereocenters. The second-order valence-corrected chi connectivity index (χ2v) is 6.04. The van der Waals surface area contributed by atoms with Crippen LogP contribution in [-0.2, 0) is 4.79 Å². The third kappa shape index (κ3) is 4.97. The number of carboxylic acids is 1. The molecule has 2 rings (SSSR count). The van der Waals surface area contributed by atoms with Gasteiger partial charge in [-0.2, -0.15) is 0 Å². The summed E-state index contributed by atoms with van der Waals surface area (Å²) in [4.78, 5) is 36.8. The molecule has 0 spiro atoms. The van der Waals surface area contributed by atoms with Crippen LogP contribution in [0.5, 0.6) is 0 Å². The number of carbonyl (C=O) groups excluding carboxylic acids is 2. The van der Waals surface area contributed by atoms with Gasteiger partial charge in [-0.1, -0.05) is 19.1 Å². The third-order valence-electron chi connectivity index (χ3n) is 4.10. The summed E-state index contributed by atoms with van der Waals surface area (Å²) in [5, 5.41) is 13.7. The summed E-state index contributed by atoms with van der Waals surface area (Å²) in [6, 6.07) is 6.32. The monoisotopic (exact) mass is 333 g/mol. The molecule has 3 N–H and O–H groups in total. The summed E-state index contributed by atoms with van der Waals surface area (Å²) in [6.45, 7) is 3.65. The number of amides is 3. The zero-order valence-electron chi connectivity index (χ0n) is 13.7. The number of anilines is 1. The maximum Gasteiger partial charge on any atom is 0.319 e. The van der Waals surface area contributed by atoms with Crippen LogP contribution in [0.4, 0.5) is 10.5 Å². The average molecular weight is 333 g/mol. The molecule has 130 valence electrons. The van der Waals surface area contributed by atoms with Gasteiger partial charge in [0.05, 0.1) is 17.7 Å². The minimum Gasteiger partial charge on any atom is -0.481 e. The molecule has 0 unspecified atom stereocenters.